The lowest BCUT2D eigenvalue weighted by atomic mass is 9.41. The maximum absolute atomic E-state index is 6.35. The molecule has 0 N–H and O–H groups in total. The molecule has 0 radical (unpaired) electrons. The van der Waals surface area contributed by atoms with E-state index in [1.807, 2.05) is 0 Å². The van der Waals surface area contributed by atoms with Gasteiger partial charge in [-0.1, -0.05) is 74.1 Å². The van der Waals surface area contributed by atoms with Crippen LogP contribution >= 0.6 is 69.9 Å². The topological polar surface area (TPSA) is 0 Å². The number of thioether (sulfide) groups is 2. The molecule has 0 aromatic rings. The summed E-state index contributed by atoms with van der Waals surface area (Å²) in [6.07, 6.45) is 0. The van der Waals surface area contributed by atoms with Crippen LogP contribution < -0.4 is 0 Å². The van der Waals surface area contributed by atoms with Crippen molar-refractivity contribution in [2.75, 3.05) is 0 Å². The van der Waals surface area contributed by atoms with E-state index in [1.165, 1.54) is 0 Å². The number of halogens is 4. The first-order valence-corrected chi connectivity index (χ1v) is 8.22. The van der Waals surface area contributed by atoms with E-state index in [0.29, 0.717) is 0 Å². The van der Waals surface area contributed by atoms with Gasteiger partial charge in [0, 0.05) is 10.8 Å². The highest BCUT2D eigenvalue weighted by Crippen LogP contribution is 3.02. The zero-order valence-corrected chi connectivity index (χ0v) is 14.0. The molecular formula is C10H12Cl4S2. The molecule has 3 fully saturated rings. The van der Waals surface area contributed by atoms with Crippen LogP contribution in [0.3, 0.4) is 0 Å². The van der Waals surface area contributed by atoms with E-state index in [2.05, 4.69) is 27.7 Å². The number of rotatable bonds is 0. The minimum Gasteiger partial charge on any atom is -0.110 e. The molecule has 1 saturated carbocycles. The summed E-state index contributed by atoms with van der Waals surface area (Å²) in [6, 6.07) is 0. The van der Waals surface area contributed by atoms with Crippen molar-refractivity contribution in [2.24, 2.45) is 10.8 Å². The summed E-state index contributed by atoms with van der Waals surface area (Å²) >= 11 is 28.7. The highest BCUT2D eigenvalue weighted by molar-refractivity contribution is 8.15. The smallest absolute Gasteiger partial charge is 0.110 e. The normalized spacial score (nSPS) is 40.5. The minimum atomic E-state index is -0.696. The molecule has 1 aliphatic carbocycles. The summed E-state index contributed by atoms with van der Waals surface area (Å²) in [7, 11) is 0. The third-order valence-corrected chi connectivity index (χ3v) is 11.3. The Hall–Kier alpha value is 1.86. The predicted octanol–water partition coefficient (Wildman–Crippen LogP) is 5.29. The molecule has 0 aromatic heterocycles. The SMILES string of the molecule is CC1(C)C2(SC2(Cl)Cl)C(C)(C)C12SC2(Cl)Cl. The van der Waals surface area contributed by atoms with E-state index in [4.69, 9.17) is 46.4 Å². The first-order valence-electron chi connectivity index (χ1n) is 5.07. The standard InChI is InChI=1S/C10H12Cl4S2/c1-5(2)7(9(11,12)15-7)6(3,4)8(5)10(13,14)16-8/h1-4H3. The summed E-state index contributed by atoms with van der Waals surface area (Å²) in [5, 5.41) is 0. The zero-order valence-electron chi connectivity index (χ0n) is 9.33. The Bertz CT molecular complexity index is 350. The number of hydrogen-bond donors (Lipinski definition) is 0. The van der Waals surface area contributed by atoms with Gasteiger partial charge >= 0.3 is 0 Å². The molecule has 2 spiro atoms. The Morgan fingerprint density at radius 2 is 0.812 bits per heavy atom. The summed E-state index contributed by atoms with van der Waals surface area (Å²) in [6.45, 7) is 8.71. The summed E-state index contributed by atoms with van der Waals surface area (Å²) in [5.41, 5.74) is -0.127. The Morgan fingerprint density at radius 1 is 0.625 bits per heavy atom. The number of alkyl halides is 4. The van der Waals surface area contributed by atoms with Crippen molar-refractivity contribution >= 4 is 69.9 Å². The first-order chi connectivity index (χ1) is 6.91. The number of hydrogen-bond acceptors (Lipinski definition) is 2. The molecule has 0 unspecified atom stereocenters. The molecule has 2 aliphatic heterocycles. The van der Waals surface area contributed by atoms with Gasteiger partial charge in [-0.3, -0.25) is 0 Å². The molecule has 0 aromatic carbocycles. The van der Waals surface area contributed by atoms with Crippen molar-refractivity contribution in [3.63, 3.8) is 0 Å². The van der Waals surface area contributed by atoms with E-state index < -0.39 is 7.33 Å². The van der Waals surface area contributed by atoms with E-state index in [9.17, 15) is 0 Å². The minimum absolute atomic E-state index is 0.0637. The maximum atomic E-state index is 6.35. The molecule has 16 heavy (non-hydrogen) atoms. The summed E-state index contributed by atoms with van der Waals surface area (Å²) in [4.78, 5) is 0. The molecule has 2 saturated heterocycles. The lowest BCUT2D eigenvalue weighted by Crippen LogP contribution is -2.74. The van der Waals surface area contributed by atoms with E-state index in [1.54, 1.807) is 23.5 Å². The Kier molecular flexibility index (Phi) is 2.15. The third-order valence-electron chi connectivity index (χ3n) is 4.82. The van der Waals surface area contributed by atoms with Gasteiger partial charge in [0.15, 0.2) is 7.33 Å². The molecule has 0 amide bonds. The van der Waals surface area contributed by atoms with Gasteiger partial charge in [-0.25, -0.2) is 0 Å². The van der Waals surface area contributed by atoms with Crippen LogP contribution in [-0.4, -0.2) is 16.8 Å². The average Bonchev–Trinajstić information content (AvgIpc) is 2.84. The lowest BCUT2D eigenvalue weighted by Gasteiger charge is -2.65. The second kappa shape index (κ2) is 2.67. The zero-order chi connectivity index (χ0) is 12.4. The van der Waals surface area contributed by atoms with Crippen LogP contribution in [0.2, 0.25) is 0 Å². The molecule has 2 heterocycles. The quantitative estimate of drug-likeness (QED) is 0.435. The van der Waals surface area contributed by atoms with E-state index in [-0.39, 0.29) is 20.3 Å². The van der Waals surface area contributed by atoms with Crippen molar-refractivity contribution in [3.8, 4) is 0 Å². The van der Waals surface area contributed by atoms with Crippen LogP contribution in [0.4, 0.5) is 0 Å². The van der Waals surface area contributed by atoms with Gasteiger partial charge in [0.25, 0.3) is 0 Å². The molecule has 3 rings (SSSR count). The van der Waals surface area contributed by atoms with Crippen molar-refractivity contribution in [1.29, 1.82) is 0 Å². The van der Waals surface area contributed by atoms with Crippen LogP contribution in [0, 0.1) is 10.8 Å². The van der Waals surface area contributed by atoms with Gasteiger partial charge in [0.2, 0.25) is 0 Å². The van der Waals surface area contributed by atoms with Crippen LogP contribution in [0.1, 0.15) is 27.7 Å². The Balaban J connectivity index is 2.12. The Labute approximate surface area is 124 Å². The second-order valence-electron chi connectivity index (χ2n) is 5.85. The van der Waals surface area contributed by atoms with Crippen LogP contribution in [-0.2, 0) is 0 Å². The predicted molar refractivity (Wildman–Crippen MR) is 77.1 cm³/mol. The van der Waals surface area contributed by atoms with Crippen molar-refractivity contribution < 1.29 is 0 Å². The van der Waals surface area contributed by atoms with Crippen LogP contribution in [0.5, 0.6) is 0 Å². The Morgan fingerprint density at radius 3 is 0.938 bits per heavy atom. The van der Waals surface area contributed by atoms with Crippen LogP contribution in [0.15, 0.2) is 0 Å². The molecule has 6 heteroatoms. The largest absolute Gasteiger partial charge is 0.179 e. The molecule has 0 bridgehead atoms. The average molecular weight is 338 g/mol. The van der Waals surface area contributed by atoms with Crippen molar-refractivity contribution in [2.45, 2.75) is 44.5 Å². The molecule has 0 atom stereocenters. The van der Waals surface area contributed by atoms with E-state index in [0.717, 1.165) is 0 Å². The van der Waals surface area contributed by atoms with Crippen molar-refractivity contribution in [1.82, 2.24) is 0 Å². The summed E-state index contributed by atoms with van der Waals surface area (Å²) < 4.78 is -1.65. The fourth-order valence-electron chi connectivity index (χ4n) is 4.29. The summed E-state index contributed by atoms with van der Waals surface area (Å²) in [5.74, 6) is 0. The van der Waals surface area contributed by atoms with Gasteiger partial charge in [-0.05, 0) is 0 Å². The third kappa shape index (κ3) is 0.859. The van der Waals surface area contributed by atoms with Crippen molar-refractivity contribution in [3.05, 3.63) is 0 Å². The second-order valence-corrected chi connectivity index (χ2v) is 12.3. The van der Waals surface area contributed by atoms with E-state index >= 15 is 0 Å². The monoisotopic (exact) mass is 336 g/mol. The van der Waals surface area contributed by atoms with Crippen LogP contribution in [0.25, 0.3) is 0 Å². The molecular weight excluding hydrogens is 326 g/mol. The van der Waals surface area contributed by atoms with Gasteiger partial charge < -0.3 is 0 Å². The fraction of sp³-hybridized carbons (Fsp3) is 1.00. The molecule has 0 nitrogen and oxygen atoms in total. The van der Waals surface area contributed by atoms with Gasteiger partial charge in [0.05, 0.1) is 9.49 Å². The van der Waals surface area contributed by atoms with Gasteiger partial charge in [-0.15, -0.1) is 23.5 Å². The highest BCUT2D eigenvalue weighted by atomic mass is 35.5. The fourth-order valence-corrected chi connectivity index (χ4v) is 11.0. The first kappa shape index (κ1) is 12.9. The highest BCUT2D eigenvalue weighted by Gasteiger charge is 3.03. The van der Waals surface area contributed by atoms with Gasteiger partial charge in [-0.2, -0.15) is 0 Å². The maximum Gasteiger partial charge on any atom is 0.179 e. The lowest BCUT2D eigenvalue weighted by molar-refractivity contribution is -0.0585. The van der Waals surface area contributed by atoms with Gasteiger partial charge in [0.1, 0.15) is 0 Å². The molecule has 92 valence electrons. The molecule has 3 aliphatic rings.